The Kier molecular flexibility index (Phi) is 4.76. The van der Waals surface area contributed by atoms with Crippen LogP contribution in [-0.2, 0) is 16.6 Å². The molecule has 6 nitrogen and oxygen atoms in total. The SMILES string of the molecule is Cn1nccc1[C@@H]1OCC[C@H]1C(=O)Nc1ncc(-c2ccc(Cl)cc2)s1. The maximum absolute atomic E-state index is 12.8. The predicted octanol–water partition coefficient (Wildman–Crippen LogP) is 3.91. The van der Waals surface area contributed by atoms with Crippen molar-refractivity contribution in [3.8, 4) is 10.4 Å². The highest BCUT2D eigenvalue weighted by molar-refractivity contribution is 7.19. The number of carbonyl (C=O) groups is 1. The summed E-state index contributed by atoms with van der Waals surface area (Å²) in [5, 5.41) is 8.37. The summed E-state index contributed by atoms with van der Waals surface area (Å²) in [7, 11) is 1.85. The van der Waals surface area contributed by atoms with Gasteiger partial charge in [-0.3, -0.25) is 9.48 Å². The van der Waals surface area contributed by atoms with Gasteiger partial charge in [-0.1, -0.05) is 35.1 Å². The summed E-state index contributed by atoms with van der Waals surface area (Å²) in [6.45, 7) is 0.557. The normalized spacial score (nSPS) is 19.6. The number of thiazole rings is 1. The van der Waals surface area contributed by atoms with E-state index >= 15 is 0 Å². The lowest BCUT2D eigenvalue weighted by molar-refractivity contribution is -0.121. The third-order valence-corrected chi connectivity index (χ3v) is 5.66. The molecule has 1 fully saturated rings. The summed E-state index contributed by atoms with van der Waals surface area (Å²) in [6.07, 6.45) is 3.87. The first-order valence-corrected chi connectivity index (χ1v) is 9.43. The molecule has 1 amide bonds. The number of halogens is 1. The minimum atomic E-state index is -0.279. The molecule has 0 unspecified atom stereocenters. The third kappa shape index (κ3) is 3.38. The van der Waals surface area contributed by atoms with Gasteiger partial charge in [-0.2, -0.15) is 5.10 Å². The van der Waals surface area contributed by atoms with E-state index in [2.05, 4.69) is 15.4 Å². The van der Waals surface area contributed by atoms with Gasteiger partial charge >= 0.3 is 0 Å². The first kappa shape index (κ1) is 17.2. The Bertz CT molecular complexity index is 921. The second-order valence-corrected chi connectivity index (χ2v) is 7.56. The molecule has 0 spiro atoms. The van der Waals surface area contributed by atoms with Gasteiger partial charge in [0, 0.05) is 31.1 Å². The maximum Gasteiger partial charge on any atom is 0.232 e. The number of benzene rings is 1. The highest BCUT2D eigenvalue weighted by atomic mass is 35.5. The van der Waals surface area contributed by atoms with Crippen LogP contribution in [0.1, 0.15) is 18.2 Å². The largest absolute Gasteiger partial charge is 0.371 e. The molecule has 0 radical (unpaired) electrons. The van der Waals surface area contributed by atoms with Crippen LogP contribution in [0.4, 0.5) is 5.13 Å². The van der Waals surface area contributed by atoms with Crippen molar-refractivity contribution in [2.24, 2.45) is 13.0 Å². The Morgan fingerprint density at radius 2 is 2.15 bits per heavy atom. The molecule has 0 saturated carbocycles. The number of nitrogens with zero attached hydrogens (tertiary/aromatic N) is 3. The van der Waals surface area contributed by atoms with Crippen LogP contribution in [0.2, 0.25) is 5.02 Å². The van der Waals surface area contributed by atoms with Gasteiger partial charge in [0.2, 0.25) is 5.91 Å². The van der Waals surface area contributed by atoms with Crippen molar-refractivity contribution in [2.45, 2.75) is 12.5 Å². The average molecular weight is 389 g/mol. The summed E-state index contributed by atoms with van der Waals surface area (Å²) in [6, 6.07) is 9.43. The number of aromatic nitrogens is 3. The Morgan fingerprint density at radius 3 is 2.88 bits per heavy atom. The third-order valence-electron chi connectivity index (χ3n) is 4.44. The molecule has 1 N–H and O–H groups in total. The molecule has 2 aromatic heterocycles. The molecule has 26 heavy (non-hydrogen) atoms. The zero-order chi connectivity index (χ0) is 18.1. The van der Waals surface area contributed by atoms with E-state index in [1.807, 2.05) is 37.4 Å². The Morgan fingerprint density at radius 1 is 1.35 bits per heavy atom. The molecule has 3 aromatic rings. The van der Waals surface area contributed by atoms with Gasteiger partial charge in [0.25, 0.3) is 0 Å². The van der Waals surface area contributed by atoms with E-state index in [1.54, 1.807) is 17.1 Å². The van der Waals surface area contributed by atoms with Gasteiger partial charge in [-0.15, -0.1) is 0 Å². The van der Waals surface area contributed by atoms with E-state index < -0.39 is 0 Å². The highest BCUT2D eigenvalue weighted by Crippen LogP contribution is 2.36. The van der Waals surface area contributed by atoms with Crippen LogP contribution in [0.25, 0.3) is 10.4 Å². The summed E-state index contributed by atoms with van der Waals surface area (Å²) >= 11 is 7.36. The zero-order valence-electron chi connectivity index (χ0n) is 14.1. The number of hydrogen-bond acceptors (Lipinski definition) is 5. The quantitative estimate of drug-likeness (QED) is 0.735. The van der Waals surface area contributed by atoms with Crippen molar-refractivity contribution in [3.63, 3.8) is 0 Å². The predicted molar refractivity (Wildman–Crippen MR) is 101 cm³/mol. The Hall–Kier alpha value is -2.22. The number of carbonyl (C=O) groups excluding carboxylic acids is 1. The fourth-order valence-electron chi connectivity index (χ4n) is 3.09. The lowest BCUT2D eigenvalue weighted by Gasteiger charge is -2.17. The first-order chi connectivity index (χ1) is 12.6. The van der Waals surface area contributed by atoms with Gasteiger partial charge in [-0.25, -0.2) is 4.98 Å². The summed E-state index contributed by atoms with van der Waals surface area (Å²) in [5.41, 5.74) is 1.92. The van der Waals surface area contributed by atoms with E-state index in [0.29, 0.717) is 23.2 Å². The monoisotopic (exact) mass is 388 g/mol. The van der Waals surface area contributed by atoms with Gasteiger partial charge in [0.15, 0.2) is 5.13 Å². The first-order valence-electron chi connectivity index (χ1n) is 8.24. The van der Waals surface area contributed by atoms with Crippen molar-refractivity contribution in [1.82, 2.24) is 14.8 Å². The van der Waals surface area contributed by atoms with Crippen LogP contribution < -0.4 is 5.32 Å². The molecule has 1 aliphatic heterocycles. The van der Waals surface area contributed by atoms with Crippen molar-refractivity contribution >= 4 is 34.0 Å². The molecular formula is C18H17ClN4O2S. The van der Waals surface area contributed by atoms with E-state index in [1.165, 1.54) is 11.3 Å². The molecule has 2 atom stereocenters. The van der Waals surface area contributed by atoms with Gasteiger partial charge in [0.05, 0.1) is 16.5 Å². The van der Waals surface area contributed by atoms with Gasteiger partial charge in [-0.05, 0) is 30.2 Å². The van der Waals surface area contributed by atoms with Crippen LogP contribution in [0.3, 0.4) is 0 Å². The smallest absolute Gasteiger partial charge is 0.232 e. The fraction of sp³-hybridized carbons (Fsp3) is 0.278. The van der Waals surface area contributed by atoms with Crippen LogP contribution in [0, 0.1) is 5.92 Å². The molecule has 4 rings (SSSR count). The molecule has 0 aliphatic carbocycles. The molecule has 134 valence electrons. The molecule has 1 saturated heterocycles. The number of hydrogen-bond donors (Lipinski definition) is 1. The Labute approximate surface area is 159 Å². The van der Waals surface area contributed by atoms with E-state index in [0.717, 1.165) is 16.1 Å². The molecule has 1 aromatic carbocycles. The number of nitrogens with one attached hydrogen (secondary N) is 1. The number of rotatable bonds is 4. The van der Waals surface area contributed by atoms with E-state index in [4.69, 9.17) is 16.3 Å². The van der Waals surface area contributed by atoms with Crippen molar-refractivity contribution in [1.29, 1.82) is 0 Å². The maximum atomic E-state index is 12.8. The molecule has 0 bridgehead atoms. The summed E-state index contributed by atoms with van der Waals surface area (Å²) in [4.78, 5) is 18.1. The Balaban J connectivity index is 1.48. The minimum Gasteiger partial charge on any atom is -0.371 e. The molecule has 3 heterocycles. The number of ether oxygens (including phenoxy) is 1. The second-order valence-electron chi connectivity index (χ2n) is 6.09. The van der Waals surface area contributed by atoms with Crippen molar-refractivity contribution in [2.75, 3.05) is 11.9 Å². The molecule has 8 heteroatoms. The van der Waals surface area contributed by atoms with Crippen molar-refractivity contribution < 1.29 is 9.53 Å². The van der Waals surface area contributed by atoms with Crippen LogP contribution in [0.5, 0.6) is 0 Å². The second kappa shape index (κ2) is 7.19. The van der Waals surface area contributed by atoms with Crippen molar-refractivity contribution in [3.05, 3.63) is 53.4 Å². The molecule has 1 aliphatic rings. The van der Waals surface area contributed by atoms with E-state index in [9.17, 15) is 4.79 Å². The number of aryl methyl sites for hydroxylation is 1. The average Bonchev–Trinajstić information content (AvgIpc) is 3.35. The lowest BCUT2D eigenvalue weighted by Crippen LogP contribution is -2.26. The zero-order valence-corrected chi connectivity index (χ0v) is 15.6. The number of amides is 1. The molecular weight excluding hydrogens is 372 g/mol. The van der Waals surface area contributed by atoms with Gasteiger partial charge in [0.1, 0.15) is 6.10 Å². The summed E-state index contributed by atoms with van der Waals surface area (Å²) in [5.74, 6) is -0.334. The highest BCUT2D eigenvalue weighted by Gasteiger charge is 2.37. The van der Waals surface area contributed by atoms with Gasteiger partial charge < -0.3 is 10.1 Å². The van der Waals surface area contributed by atoms with Crippen LogP contribution in [-0.4, -0.2) is 27.3 Å². The minimum absolute atomic E-state index is 0.0780. The standard InChI is InChI=1S/C18H17ClN4O2S/c1-23-14(6-8-21-23)16-13(7-9-25-16)17(24)22-18-20-10-15(26-18)11-2-4-12(19)5-3-11/h2-6,8,10,13,16H,7,9H2,1H3,(H,20,22,24)/t13-,16-/m1/s1. The number of anilines is 1. The topological polar surface area (TPSA) is 69.0 Å². The lowest BCUT2D eigenvalue weighted by atomic mass is 9.98. The summed E-state index contributed by atoms with van der Waals surface area (Å²) < 4.78 is 7.53. The van der Waals surface area contributed by atoms with Crippen LogP contribution >= 0.6 is 22.9 Å². The fourth-order valence-corrected chi connectivity index (χ4v) is 4.04. The van der Waals surface area contributed by atoms with Crippen LogP contribution in [0.15, 0.2) is 42.7 Å². The van der Waals surface area contributed by atoms with E-state index in [-0.39, 0.29) is 17.9 Å².